The summed E-state index contributed by atoms with van der Waals surface area (Å²) in [5, 5.41) is 9.91. The lowest BCUT2D eigenvalue weighted by molar-refractivity contribution is 0.215. The minimum Gasteiger partial charge on any atom is -0.472 e. The number of halogens is 1. The summed E-state index contributed by atoms with van der Waals surface area (Å²) in [5.41, 5.74) is 10.1. The second-order valence-corrected chi connectivity index (χ2v) is 6.97. The molecule has 0 saturated carbocycles. The molecule has 2 aromatic heterocycles. The van der Waals surface area contributed by atoms with E-state index >= 15 is 0 Å². The number of hydrogen-bond donors (Lipinski definition) is 2. The molecule has 3 aromatic rings. The number of pyridine rings is 2. The third-order valence-electron chi connectivity index (χ3n) is 5.09. The number of benzene rings is 1. The summed E-state index contributed by atoms with van der Waals surface area (Å²) in [4.78, 5) is 10.8. The van der Waals surface area contributed by atoms with Crippen LogP contribution in [0.2, 0.25) is 0 Å². The highest BCUT2D eigenvalue weighted by molar-refractivity contribution is 5.67. The second kappa shape index (κ2) is 8.55. The van der Waals surface area contributed by atoms with E-state index in [4.69, 9.17) is 15.5 Å². The van der Waals surface area contributed by atoms with E-state index in [9.17, 15) is 9.50 Å². The van der Waals surface area contributed by atoms with Gasteiger partial charge in [-0.25, -0.2) is 14.4 Å². The summed E-state index contributed by atoms with van der Waals surface area (Å²) in [6, 6.07) is 14.7. The molecule has 0 radical (unpaired) electrons. The lowest BCUT2D eigenvalue weighted by atomic mass is 10.0. The number of aromatic nitrogens is 2. The molecule has 150 valence electrons. The van der Waals surface area contributed by atoms with Crippen molar-refractivity contribution in [1.29, 1.82) is 0 Å². The molecular formula is C22H23FN4O2. The average molecular weight is 394 g/mol. The normalized spacial score (nSPS) is 16.2. The van der Waals surface area contributed by atoms with Crippen LogP contribution in [0.4, 0.5) is 10.1 Å². The van der Waals surface area contributed by atoms with Crippen molar-refractivity contribution in [3.8, 4) is 17.1 Å². The van der Waals surface area contributed by atoms with Gasteiger partial charge in [-0.05, 0) is 23.8 Å². The van der Waals surface area contributed by atoms with Crippen LogP contribution < -0.4 is 15.4 Å². The van der Waals surface area contributed by atoms with Crippen LogP contribution in [0.25, 0.3) is 11.3 Å². The van der Waals surface area contributed by atoms with E-state index in [0.717, 1.165) is 41.7 Å². The maximum atomic E-state index is 13.0. The fourth-order valence-electron chi connectivity index (χ4n) is 3.64. The molecule has 1 aliphatic rings. The van der Waals surface area contributed by atoms with Crippen LogP contribution >= 0.6 is 0 Å². The lowest BCUT2D eigenvalue weighted by Gasteiger charge is -2.22. The second-order valence-electron chi connectivity index (χ2n) is 6.97. The molecule has 3 N–H and O–H groups in total. The van der Waals surface area contributed by atoms with Crippen LogP contribution in [-0.4, -0.2) is 34.3 Å². The Kier molecular flexibility index (Phi) is 5.69. The average Bonchev–Trinajstić information content (AvgIpc) is 3.23. The van der Waals surface area contributed by atoms with Gasteiger partial charge in [0.05, 0.1) is 36.4 Å². The van der Waals surface area contributed by atoms with Crippen molar-refractivity contribution in [2.24, 2.45) is 5.73 Å². The fourth-order valence-corrected chi connectivity index (χ4v) is 3.64. The molecule has 1 aromatic carbocycles. The molecule has 1 saturated heterocycles. The van der Waals surface area contributed by atoms with Gasteiger partial charge >= 0.3 is 0 Å². The van der Waals surface area contributed by atoms with E-state index in [0.29, 0.717) is 24.7 Å². The van der Waals surface area contributed by atoms with Gasteiger partial charge in [0.1, 0.15) is 11.9 Å². The Labute approximate surface area is 168 Å². The van der Waals surface area contributed by atoms with Gasteiger partial charge in [0.25, 0.3) is 0 Å². The Morgan fingerprint density at radius 3 is 2.79 bits per heavy atom. The van der Waals surface area contributed by atoms with Crippen molar-refractivity contribution in [1.82, 2.24) is 9.97 Å². The molecule has 29 heavy (non-hydrogen) atoms. The molecule has 0 aliphatic carbocycles. The Morgan fingerprint density at radius 1 is 1.17 bits per heavy atom. The summed E-state index contributed by atoms with van der Waals surface area (Å²) < 4.78 is 18.9. The smallest absolute Gasteiger partial charge is 0.213 e. The highest BCUT2D eigenvalue weighted by atomic mass is 19.1. The number of ether oxygens (including phenoxy) is 1. The predicted molar refractivity (Wildman–Crippen MR) is 109 cm³/mol. The van der Waals surface area contributed by atoms with Crippen molar-refractivity contribution in [2.45, 2.75) is 25.7 Å². The van der Waals surface area contributed by atoms with Crippen LogP contribution in [0.1, 0.15) is 17.7 Å². The van der Waals surface area contributed by atoms with Crippen LogP contribution in [0.5, 0.6) is 5.88 Å². The maximum Gasteiger partial charge on any atom is 0.213 e. The number of anilines is 1. The van der Waals surface area contributed by atoms with Gasteiger partial charge in [0.2, 0.25) is 5.88 Å². The number of hydrogen-bond acceptors (Lipinski definition) is 6. The van der Waals surface area contributed by atoms with Crippen LogP contribution in [0.3, 0.4) is 0 Å². The van der Waals surface area contributed by atoms with E-state index in [1.165, 1.54) is 12.1 Å². The van der Waals surface area contributed by atoms with Gasteiger partial charge < -0.3 is 20.5 Å². The largest absolute Gasteiger partial charge is 0.472 e. The monoisotopic (exact) mass is 394 g/mol. The first-order chi connectivity index (χ1) is 14.2. The van der Waals surface area contributed by atoms with E-state index in [2.05, 4.69) is 9.88 Å². The maximum absolute atomic E-state index is 13.0. The number of rotatable bonds is 6. The number of nitrogens with two attached hydrogens (primary N) is 1. The SMILES string of the molecule is NCc1ccccc1-c1ccc(N2CC[C@H](Oc3ccc(F)cn3)C2)c(CO)n1. The summed E-state index contributed by atoms with van der Waals surface area (Å²) >= 11 is 0. The van der Waals surface area contributed by atoms with Crippen molar-refractivity contribution in [3.63, 3.8) is 0 Å². The van der Waals surface area contributed by atoms with Crippen LogP contribution in [0.15, 0.2) is 54.7 Å². The Bertz CT molecular complexity index is 981. The molecule has 0 spiro atoms. The quantitative estimate of drug-likeness (QED) is 0.669. The molecule has 1 atom stereocenters. The van der Waals surface area contributed by atoms with Gasteiger partial charge in [-0.2, -0.15) is 0 Å². The lowest BCUT2D eigenvalue weighted by Crippen LogP contribution is -2.26. The molecule has 4 rings (SSSR count). The number of aliphatic hydroxyl groups excluding tert-OH is 1. The van der Waals surface area contributed by atoms with Crippen molar-refractivity contribution in [2.75, 3.05) is 18.0 Å². The molecule has 0 unspecified atom stereocenters. The molecule has 6 nitrogen and oxygen atoms in total. The minimum absolute atomic E-state index is 0.0582. The molecule has 0 bridgehead atoms. The van der Waals surface area contributed by atoms with Crippen molar-refractivity contribution >= 4 is 5.69 Å². The minimum atomic E-state index is -0.389. The summed E-state index contributed by atoms with van der Waals surface area (Å²) in [5.74, 6) is 0.0212. The topological polar surface area (TPSA) is 84.5 Å². The summed E-state index contributed by atoms with van der Waals surface area (Å²) in [7, 11) is 0. The van der Waals surface area contributed by atoms with Crippen molar-refractivity contribution in [3.05, 3.63) is 71.8 Å². The van der Waals surface area contributed by atoms with E-state index in [1.54, 1.807) is 0 Å². The molecule has 0 amide bonds. The third-order valence-corrected chi connectivity index (χ3v) is 5.09. The zero-order valence-corrected chi connectivity index (χ0v) is 16.0. The Morgan fingerprint density at radius 2 is 2.03 bits per heavy atom. The molecule has 1 aliphatic heterocycles. The van der Waals surface area contributed by atoms with Crippen LogP contribution in [-0.2, 0) is 13.2 Å². The molecular weight excluding hydrogens is 371 g/mol. The van der Waals surface area contributed by atoms with Crippen LogP contribution in [0, 0.1) is 5.82 Å². The van der Waals surface area contributed by atoms with Gasteiger partial charge in [-0.3, -0.25) is 0 Å². The fraction of sp³-hybridized carbons (Fsp3) is 0.273. The highest BCUT2D eigenvalue weighted by Crippen LogP contribution is 2.29. The standard InChI is InChI=1S/C22H23FN4O2/c23-16-5-8-22(25-12-16)29-17-9-10-27(13-17)21-7-6-19(26-20(21)14-28)18-4-2-1-3-15(18)11-24/h1-8,12,17,28H,9-11,13-14,24H2/t17-/m0/s1. The van der Waals surface area contributed by atoms with Gasteiger partial charge in [-0.1, -0.05) is 24.3 Å². The molecule has 3 heterocycles. The molecule has 7 heteroatoms. The van der Waals surface area contributed by atoms with Gasteiger partial charge in [-0.15, -0.1) is 0 Å². The first-order valence-corrected chi connectivity index (χ1v) is 9.60. The third kappa shape index (κ3) is 4.21. The summed E-state index contributed by atoms with van der Waals surface area (Å²) in [6.07, 6.45) is 1.90. The van der Waals surface area contributed by atoms with E-state index in [1.807, 2.05) is 36.4 Å². The van der Waals surface area contributed by atoms with Crippen molar-refractivity contribution < 1.29 is 14.2 Å². The summed E-state index contributed by atoms with van der Waals surface area (Å²) in [6.45, 7) is 1.69. The Balaban J connectivity index is 1.52. The van der Waals surface area contributed by atoms with Gasteiger partial charge in [0, 0.05) is 31.1 Å². The zero-order valence-electron chi connectivity index (χ0n) is 16.0. The first-order valence-electron chi connectivity index (χ1n) is 9.60. The van der Waals surface area contributed by atoms with E-state index in [-0.39, 0.29) is 18.5 Å². The Hall–Kier alpha value is -3.03. The predicted octanol–water partition coefficient (Wildman–Crippen LogP) is 2.89. The number of nitrogens with zero attached hydrogens (tertiary/aromatic N) is 3. The molecule has 1 fully saturated rings. The number of aliphatic hydroxyl groups is 1. The van der Waals surface area contributed by atoms with Gasteiger partial charge in [0.15, 0.2) is 0 Å². The van der Waals surface area contributed by atoms with E-state index < -0.39 is 0 Å². The highest BCUT2D eigenvalue weighted by Gasteiger charge is 2.26. The zero-order chi connectivity index (χ0) is 20.2. The first kappa shape index (κ1) is 19.3.